The zero-order valence-electron chi connectivity index (χ0n) is 21.2. The topological polar surface area (TPSA) is 65.1 Å². The lowest BCUT2D eigenvalue weighted by Gasteiger charge is -2.34. The van der Waals surface area contributed by atoms with E-state index in [0.717, 1.165) is 39.3 Å². The van der Waals surface area contributed by atoms with E-state index in [4.69, 9.17) is 4.74 Å². The van der Waals surface area contributed by atoms with Crippen LogP contribution in [-0.2, 0) is 16.1 Å². The first-order chi connectivity index (χ1) is 18.6. The monoisotopic (exact) mass is 514 g/mol. The van der Waals surface area contributed by atoms with E-state index in [1.807, 2.05) is 6.07 Å². The van der Waals surface area contributed by atoms with Gasteiger partial charge in [0.1, 0.15) is 12.4 Å². The average molecular weight is 515 g/mol. The van der Waals surface area contributed by atoms with Crippen LogP contribution < -0.4 is 15.0 Å². The third-order valence-corrected chi connectivity index (χ3v) is 6.79. The summed E-state index contributed by atoms with van der Waals surface area (Å²) in [5, 5.41) is 2.94. The molecule has 3 aromatic rings. The molecule has 196 valence electrons. The standard InChI is InChI=1S/C30H31FN4O3/c31-25-11-5-4-10-24(25)20-28-30(37)35(26-12-6-7-13-27(26)38-28)22-29(36)32-14-15-33-16-18-34(19-17-33)21-23-8-2-1-3-9-23/h1-13,20H,14-19,21-22H2,(H,32,36)/b28-20+. The van der Waals surface area contributed by atoms with Crippen LogP contribution in [0, 0.1) is 5.82 Å². The maximum atomic E-state index is 14.2. The third kappa shape index (κ3) is 6.27. The lowest BCUT2D eigenvalue weighted by atomic mass is 10.1. The van der Waals surface area contributed by atoms with E-state index in [1.165, 1.54) is 22.6 Å². The number of carbonyl (C=O) groups is 2. The lowest BCUT2D eigenvalue weighted by molar-refractivity contribution is -0.123. The van der Waals surface area contributed by atoms with Crippen molar-refractivity contribution in [2.75, 3.05) is 50.7 Å². The smallest absolute Gasteiger partial charge is 0.294 e. The third-order valence-electron chi connectivity index (χ3n) is 6.79. The molecule has 2 amide bonds. The Kier molecular flexibility index (Phi) is 8.11. The second kappa shape index (κ2) is 12.0. The molecule has 0 radical (unpaired) electrons. The number of para-hydroxylation sites is 2. The number of carbonyl (C=O) groups excluding carboxylic acids is 2. The lowest BCUT2D eigenvalue weighted by Crippen LogP contribution is -2.49. The molecule has 1 N–H and O–H groups in total. The van der Waals surface area contributed by atoms with Crippen molar-refractivity contribution in [2.24, 2.45) is 0 Å². The quantitative estimate of drug-likeness (QED) is 0.466. The van der Waals surface area contributed by atoms with E-state index in [2.05, 4.69) is 39.4 Å². The van der Waals surface area contributed by atoms with E-state index < -0.39 is 11.7 Å². The van der Waals surface area contributed by atoms with Crippen LogP contribution in [0.2, 0.25) is 0 Å². The summed E-state index contributed by atoms with van der Waals surface area (Å²) < 4.78 is 20.0. The highest BCUT2D eigenvalue weighted by molar-refractivity contribution is 6.12. The second-order valence-corrected chi connectivity index (χ2v) is 9.44. The number of halogens is 1. The van der Waals surface area contributed by atoms with Gasteiger partial charge in [-0.1, -0.05) is 60.7 Å². The Hall–Kier alpha value is -4.01. The van der Waals surface area contributed by atoms with Gasteiger partial charge in [0.25, 0.3) is 5.91 Å². The van der Waals surface area contributed by atoms with Crippen LogP contribution in [0.25, 0.3) is 6.08 Å². The number of fused-ring (bicyclic) bond motifs is 1. The van der Waals surface area contributed by atoms with Gasteiger partial charge in [-0.25, -0.2) is 4.39 Å². The zero-order valence-corrected chi connectivity index (χ0v) is 21.2. The van der Waals surface area contributed by atoms with Gasteiger partial charge < -0.3 is 10.1 Å². The van der Waals surface area contributed by atoms with Crippen molar-refractivity contribution in [3.63, 3.8) is 0 Å². The van der Waals surface area contributed by atoms with Gasteiger partial charge in [-0.05, 0) is 29.8 Å². The molecule has 0 unspecified atom stereocenters. The fraction of sp³-hybridized carbons (Fsp3) is 0.267. The molecule has 2 aliphatic heterocycles. The largest absolute Gasteiger partial charge is 0.449 e. The maximum absolute atomic E-state index is 14.2. The fourth-order valence-electron chi connectivity index (χ4n) is 4.72. The van der Waals surface area contributed by atoms with Gasteiger partial charge >= 0.3 is 0 Å². The highest BCUT2D eigenvalue weighted by Crippen LogP contribution is 2.35. The number of hydrogen-bond donors (Lipinski definition) is 1. The highest BCUT2D eigenvalue weighted by atomic mass is 19.1. The number of hydrogen-bond acceptors (Lipinski definition) is 5. The predicted octanol–water partition coefficient (Wildman–Crippen LogP) is 3.53. The summed E-state index contributed by atoms with van der Waals surface area (Å²) in [5.41, 5.74) is 2.07. The molecule has 0 aromatic heterocycles. The molecule has 1 fully saturated rings. The van der Waals surface area contributed by atoms with Crippen molar-refractivity contribution in [1.82, 2.24) is 15.1 Å². The number of anilines is 1. The summed E-state index contributed by atoms with van der Waals surface area (Å²) in [6, 6.07) is 23.6. The second-order valence-electron chi connectivity index (χ2n) is 9.44. The van der Waals surface area contributed by atoms with Crippen LogP contribution in [0.3, 0.4) is 0 Å². The highest BCUT2D eigenvalue weighted by Gasteiger charge is 2.31. The number of ether oxygens (including phenoxy) is 1. The molecule has 0 aliphatic carbocycles. The van der Waals surface area contributed by atoms with Gasteiger partial charge in [0, 0.05) is 51.4 Å². The van der Waals surface area contributed by atoms with Crippen molar-refractivity contribution < 1.29 is 18.7 Å². The minimum Gasteiger partial charge on any atom is -0.449 e. The molecule has 8 heteroatoms. The van der Waals surface area contributed by atoms with Gasteiger partial charge in [-0.15, -0.1) is 0 Å². The number of amides is 2. The Morgan fingerprint density at radius 2 is 1.58 bits per heavy atom. The molecule has 0 spiro atoms. The minimum atomic E-state index is -0.489. The van der Waals surface area contributed by atoms with Crippen LogP contribution in [-0.4, -0.2) is 67.4 Å². The molecule has 0 bridgehead atoms. The fourth-order valence-corrected chi connectivity index (χ4v) is 4.72. The molecule has 0 saturated carbocycles. The molecule has 5 rings (SSSR count). The Balaban J connectivity index is 1.14. The van der Waals surface area contributed by atoms with E-state index in [9.17, 15) is 14.0 Å². The van der Waals surface area contributed by atoms with Crippen LogP contribution in [0.1, 0.15) is 11.1 Å². The van der Waals surface area contributed by atoms with E-state index in [-0.39, 0.29) is 23.8 Å². The SMILES string of the molecule is O=C(CN1C(=O)/C(=C\c2ccccc2F)Oc2ccccc21)NCCN1CCN(Cc2ccccc2)CC1. The van der Waals surface area contributed by atoms with Gasteiger partial charge in [-0.3, -0.25) is 24.3 Å². The molecule has 7 nitrogen and oxygen atoms in total. The van der Waals surface area contributed by atoms with Crippen LogP contribution >= 0.6 is 0 Å². The van der Waals surface area contributed by atoms with Crippen LogP contribution in [0.4, 0.5) is 10.1 Å². The maximum Gasteiger partial charge on any atom is 0.294 e. The first-order valence-corrected chi connectivity index (χ1v) is 12.9. The van der Waals surface area contributed by atoms with Crippen molar-refractivity contribution >= 4 is 23.6 Å². The van der Waals surface area contributed by atoms with E-state index in [1.54, 1.807) is 42.5 Å². The normalized spacial score (nSPS) is 17.2. The van der Waals surface area contributed by atoms with Crippen molar-refractivity contribution in [1.29, 1.82) is 0 Å². The Morgan fingerprint density at radius 3 is 2.37 bits per heavy atom. The first kappa shape index (κ1) is 25.6. The summed E-state index contributed by atoms with van der Waals surface area (Å²) in [7, 11) is 0. The Bertz CT molecular complexity index is 1310. The summed E-state index contributed by atoms with van der Waals surface area (Å²) in [6.07, 6.45) is 1.37. The van der Waals surface area contributed by atoms with Crippen molar-refractivity contribution in [3.05, 3.63) is 102 Å². The zero-order chi connectivity index (χ0) is 26.3. The van der Waals surface area contributed by atoms with Gasteiger partial charge in [0.2, 0.25) is 5.91 Å². The summed E-state index contributed by atoms with van der Waals surface area (Å²) in [4.78, 5) is 32.2. The van der Waals surface area contributed by atoms with Gasteiger partial charge in [-0.2, -0.15) is 0 Å². The molecular formula is C30H31FN4O3. The molecule has 3 aromatic carbocycles. The molecule has 2 aliphatic rings. The van der Waals surface area contributed by atoms with Gasteiger partial charge in [0.05, 0.1) is 5.69 Å². The number of nitrogens with one attached hydrogen (secondary N) is 1. The molecule has 0 atom stereocenters. The number of rotatable bonds is 8. The summed E-state index contributed by atoms with van der Waals surface area (Å²) in [5.74, 6) is -0.800. The van der Waals surface area contributed by atoms with E-state index in [0.29, 0.717) is 18.0 Å². The summed E-state index contributed by atoms with van der Waals surface area (Å²) >= 11 is 0. The number of nitrogens with zero attached hydrogens (tertiary/aromatic N) is 3. The Labute approximate surface area is 222 Å². The molecular weight excluding hydrogens is 483 g/mol. The van der Waals surface area contributed by atoms with E-state index >= 15 is 0 Å². The molecule has 38 heavy (non-hydrogen) atoms. The molecule has 2 heterocycles. The predicted molar refractivity (Wildman–Crippen MR) is 145 cm³/mol. The number of piperazine rings is 1. The first-order valence-electron chi connectivity index (χ1n) is 12.9. The van der Waals surface area contributed by atoms with Crippen molar-refractivity contribution in [2.45, 2.75) is 6.54 Å². The minimum absolute atomic E-state index is 0.0324. The van der Waals surface area contributed by atoms with Gasteiger partial charge in [0.15, 0.2) is 11.5 Å². The Morgan fingerprint density at radius 1 is 0.895 bits per heavy atom. The number of benzene rings is 3. The van der Waals surface area contributed by atoms with Crippen LogP contribution in [0.5, 0.6) is 5.75 Å². The van der Waals surface area contributed by atoms with Crippen molar-refractivity contribution in [3.8, 4) is 5.75 Å². The summed E-state index contributed by atoms with van der Waals surface area (Å²) in [6.45, 7) is 5.90. The average Bonchev–Trinajstić information content (AvgIpc) is 2.94. The van der Waals surface area contributed by atoms with Crippen LogP contribution in [0.15, 0.2) is 84.6 Å². The molecule has 1 saturated heterocycles.